The average molecular weight is 410 g/mol. The lowest BCUT2D eigenvalue weighted by Gasteiger charge is -2.18. The van der Waals surface area contributed by atoms with Crippen LogP contribution in [0.5, 0.6) is 0 Å². The Hall–Kier alpha value is -2.40. The van der Waals surface area contributed by atoms with Crippen molar-refractivity contribution in [3.63, 3.8) is 0 Å². The highest BCUT2D eigenvalue weighted by molar-refractivity contribution is 9.10. The zero-order valence-corrected chi connectivity index (χ0v) is 16.4. The van der Waals surface area contributed by atoms with Gasteiger partial charge in [0.05, 0.1) is 28.7 Å². The van der Waals surface area contributed by atoms with E-state index in [1.807, 2.05) is 54.9 Å². The molecule has 1 aromatic heterocycles. The quantitative estimate of drug-likeness (QED) is 0.680. The second-order valence-electron chi connectivity index (χ2n) is 6.89. The monoisotopic (exact) mass is 409 g/mol. The fraction of sp³-hybridized carbons (Fsp3) is 0.238. The Morgan fingerprint density at radius 1 is 1.12 bits per heavy atom. The number of benzene rings is 2. The van der Waals surface area contributed by atoms with E-state index in [1.54, 1.807) is 6.20 Å². The molecule has 0 radical (unpaired) electrons. The number of carbonyl (C=O) groups is 1. The molecule has 1 saturated carbocycles. The molecule has 0 saturated heterocycles. The van der Waals surface area contributed by atoms with Gasteiger partial charge >= 0.3 is 0 Å². The van der Waals surface area contributed by atoms with Gasteiger partial charge in [0.1, 0.15) is 0 Å². The standard InChI is InChI=1S/C21H20BrN3O/c1-14-5-3-4-6-19(14)25-15(2)18(13-23-25)20(26)24-21(11-12-21)16-7-9-17(22)10-8-16/h3-10,13H,11-12H2,1-2H3,(H,24,26). The molecular formula is C21H20BrN3O. The summed E-state index contributed by atoms with van der Waals surface area (Å²) >= 11 is 3.46. The van der Waals surface area contributed by atoms with E-state index >= 15 is 0 Å². The van der Waals surface area contributed by atoms with Crippen molar-refractivity contribution in [2.24, 2.45) is 0 Å². The van der Waals surface area contributed by atoms with Crippen molar-refractivity contribution in [1.29, 1.82) is 0 Å². The van der Waals surface area contributed by atoms with Gasteiger partial charge in [0.15, 0.2) is 0 Å². The maximum atomic E-state index is 12.9. The van der Waals surface area contributed by atoms with E-state index in [2.05, 4.69) is 38.5 Å². The number of halogens is 1. The van der Waals surface area contributed by atoms with Gasteiger partial charge in [0.2, 0.25) is 0 Å². The molecule has 26 heavy (non-hydrogen) atoms. The van der Waals surface area contributed by atoms with E-state index in [9.17, 15) is 4.79 Å². The van der Waals surface area contributed by atoms with Gasteiger partial charge in [-0.2, -0.15) is 5.10 Å². The molecule has 1 fully saturated rings. The molecule has 4 nitrogen and oxygen atoms in total. The topological polar surface area (TPSA) is 46.9 Å². The van der Waals surface area contributed by atoms with Crippen LogP contribution in [0.15, 0.2) is 59.2 Å². The third-order valence-corrected chi connectivity index (χ3v) is 5.63. The molecular weight excluding hydrogens is 390 g/mol. The van der Waals surface area contributed by atoms with Crippen molar-refractivity contribution in [3.8, 4) is 5.69 Å². The molecule has 1 heterocycles. The lowest BCUT2D eigenvalue weighted by atomic mass is 10.0. The maximum absolute atomic E-state index is 12.9. The van der Waals surface area contributed by atoms with Gasteiger partial charge in [-0.15, -0.1) is 0 Å². The van der Waals surface area contributed by atoms with Crippen LogP contribution in [0.25, 0.3) is 5.69 Å². The van der Waals surface area contributed by atoms with Gasteiger partial charge in [0, 0.05) is 4.47 Å². The van der Waals surface area contributed by atoms with Crippen molar-refractivity contribution in [3.05, 3.63) is 81.6 Å². The summed E-state index contributed by atoms with van der Waals surface area (Å²) in [7, 11) is 0. The first-order valence-electron chi connectivity index (χ1n) is 8.69. The van der Waals surface area contributed by atoms with E-state index in [0.29, 0.717) is 5.56 Å². The summed E-state index contributed by atoms with van der Waals surface area (Å²) in [4.78, 5) is 12.9. The zero-order chi connectivity index (χ0) is 18.3. The van der Waals surface area contributed by atoms with Crippen LogP contribution >= 0.6 is 15.9 Å². The lowest BCUT2D eigenvalue weighted by molar-refractivity contribution is 0.0930. The number of carbonyl (C=O) groups excluding carboxylic acids is 1. The molecule has 3 aromatic rings. The summed E-state index contributed by atoms with van der Waals surface area (Å²) in [6.07, 6.45) is 3.59. The highest BCUT2D eigenvalue weighted by Gasteiger charge is 2.46. The highest BCUT2D eigenvalue weighted by Crippen LogP contribution is 2.46. The number of nitrogens with zero attached hydrogens (tertiary/aromatic N) is 2. The predicted octanol–water partition coefficient (Wildman–Crippen LogP) is 4.67. The number of amides is 1. The summed E-state index contributed by atoms with van der Waals surface area (Å²) < 4.78 is 2.88. The molecule has 0 spiro atoms. The van der Waals surface area contributed by atoms with E-state index in [4.69, 9.17) is 0 Å². The van der Waals surface area contributed by atoms with Crippen LogP contribution in [-0.4, -0.2) is 15.7 Å². The third-order valence-electron chi connectivity index (χ3n) is 5.10. The minimum atomic E-state index is -0.241. The van der Waals surface area contributed by atoms with Crippen LogP contribution in [0, 0.1) is 13.8 Å². The first kappa shape index (κ1) is 17.0. The number of hydrogen-bond donors (Lipinski definition) is 1. The fourth-order valence-electron chi connectivity index (χ4n) is 3.34. The summed E-state index contributed by atoms with van der Waals surface area (Å²) in [5.74, 6) is -0.0669. The minimum absolute atomic E-state index is 0.0669. The van der Waals surface area contributed by atoms with Crippen molar-refractivity contribution < 1.29 is 4.79 Å². The summed E-state index contributed by atoms with van der Waals surface area (Å²) in [5, 5.41) is 7.68. The number of hydrogen-bond acceptors (Lipinski definition) is 2. The first-order chi connectivity index (χ1) is 12.5. The second kappa shape index (κ2) is 6.40. The largest absolute Gasteiger partial charge is 0.342 e. The van der Waals surface area contributed by atoms with Crippen LogP contribution in [0.3, 0.4) is 0 Å². The summed E-state index contributed by atoms with van der Waals surface area (Å²) in [6, 6.07) is 16.2. The number of aryl methyl sites for hydroxylation is 1. The second-order valence-corrected chi connectivity index (χ2v) is 7.80. The van der Waals surface area contributed by atoms with E-state index in [-0.39, 0.29) is 11.4 Å². The third kappa shape index (κ3) is 2.97. The molecule has 0 unspecified atom stereocenters. The Balaban J connectivity index is 1.60. The van der Waals surface area contributed by atoms with Gasteiger partial charge in [-0.25, -0.2) is 4.68 Å². The van der Waals surface area contributed by atoms with Gasteiger partial charge in [-0.1, -0.05) is 46.3 Å². The first-order valence-corrected chi connectivity index (χ1v) is 9.49. The lowest BCUT2D eigenvalue weighted by Crippen LogP contribution is -2.35. The van der Waals surface area contributed by atoms with Gasteiger partial charge in [-0.05, 0) is 56.0 Å². The molecule has 4 rings (SSSR count). The van der Waals surface area contributed by atoms with Gasteiger partial charge in [0.25, 0.3) is 5.91 Å². The van der Waals surface area contributed by atoms with E-state index < -0.39 is 0 Å². The van der Waals surface area contributed by atoms with Crippen LogP contribution in [0.1, 0.15) is 40.0 Å². The van der Waals surface area contributed by atoms with Crippen molar-refractivity contribution in [2.45, 2.75) is 32.2 Å². The summed E-state index contributed by atoms with van der Waals surface area (Å²) in [6.45, 7) is 3.98. The van der Waals surface area contributed by atoms with Crippen molar-refractivity contribution >= 4 is 21.8 Å². The average Bonchev–Trinajstić information content (AvgIpc) is 3.30. The molecule has 0 aliphatic heterocycles. The predicted molar refractivity (Wildman–Crippen MR) is 106 cm³/mol. The minimum Gasteiger partial charge on any atom is -0.342 e. The molecule has 0 atom stereocenters. The summed E-state index contributed by atoms with van der Waals surface area (Å²) in [5.41, 5.74) is 4.50. The van der Waals surface area contributed by atoms with E-state index in [0.717, 1.165) is 39.8 Å². The fourth-order valence-corrected chi connectivity index (χ4v) is 3.61. The van der Waals surface area contributed by atoms with Gasteiger partial charge < -0.3 is 5.32 Å². The molecule has 1 amide bonds. The van der Waals surface area contributed by atoms with Gasteiger partial charge in [-0.3, -0.25) is 4.79 Å². The molecule has 1 N–H and O–H groups in total. The molecule has 1 aliphatic rings. The van der Waals surface area contributed by atoms with E-state index in [1.165, 1.54) is 0 Å². The van der Waals surface area contributed by atoms with Crippen LogP contribution in [0.2, 0.25) is 0 Å². The Morgan fingerprint density at radius 3 is 2.46 bits per heavy atom. The van der Waals surface area contributed by atoms with Crippen LogP contribution in [0.4, 0.5) is 0 Å². The molecule has 132 valence electrons. The van der Waals surface area contributed by atoms with Crippen molar-refractivity contribution in [2.75, 3.05) is 0 Å². The molecule has 0 bridgehead atoms. The Kier molecular flexibility index (Phi) is 4.19. The SMILES string of the molecule is Cc1ccccc1-n1ncc(C(=O)NC2(c3ccc(Br)cc3)CC2)c1C. The highest BCUT2D eigenvalue weighted by atomic mass is 79.9. The number of para-hydroxylation sites is 1. The zero-order valence-electron chi connectivity index (χ0n) is 14.8. The Labute approximate surface area is 161 Å². The smallest absolute Gasteiger partial charge is 0.255 e. The van der Waals surface area contributed by atoms with Crippen LogP contribution in [-0.2, 0) is 5.54 Å². The molecule has 1 aliphatic carbocycles. The normalized spacial score (nSPS) is 14.9. The Bertz CT molecular complexity index is 971. The Morgan fingerprint density at radius 2 is 1.81 bits per heavy atom. The number of rotatable bonds is 4. The molecule has 5 heteroatoms. The van der Waals surface area contributed by atoms with Crippen molar-refractivity contribution in [1.82, 2.24) is 15.1 Å². The maximum Gasteiger partial charge on any atom is 0.255 e. The number of nitrogens with one attached hydrogen (secondary N) is 1. The van der Waals surface area contributed by atoms with Crippen LogP contribution < -0.4 is 5.32 Å². The molecule has 2 aromatic carbocycles. The number of aromatic nitrogens is 2.